The SMILES string of the molecule is CC(=O)Nc1ccc(OC[C@@H](O)CN2CCN(S(=O)(=O)N(C)C)CC2)cc1. The number of anilines is 1. The summed E-state index contributed by atoms with van der Waals surface area (Å²) < 4.78 is 32.4. The molecule has 2 N–H and O–H groups in total. The Morgan fingerprint density at radius 3 is 2.33 bits per heavy atom. The van der Waals surface area contributed by atoms with Crippen LogP contribution in [0, 0.1) is 0 Å². The molecule has 9 nitrogen and oxygen atoms in total. The van der Waals surface area contributed by atoms with Crippen molar-refractivity contribution >= 4 is 21.8 Å². The van der Waals surface area contributed by atoms with Gasteiger partial charge >= 0.3 is 0 Å². The summed E-state index contributed by atoms with van der Waals surface area (Å²) >= 11 is 0. The summed E-state index contributed by atoms with van der Waals surface area (Å²) in [7, 11) is -0.344. The van der Waals surface area contributed by atoms with Crippen molar-refractivity contribution in [3.05, 3.63) is 24.3 Å². The predicted octanol–water partition coefficient (Wildman–Crippen LogP) is -0.191. The molecule has 1 aliphatic rings. The first-order valence-corrected chi connectivity index (χ1v) is 10.2. The minimum Gasteiger partial charge on any atom is -0.491 e. The van der Waals surface area contributed by atoms with Crippen LogP contribution in [0.25, 0.3) is 0 Å². The van der Waals surface area contributed by atoms with Crippen LogP contribution in [0.4, 0.5) is 5.69 Å². The predicted molar refractivity (Wildman–Crippen MR) is 103 cm³/mol. The van der Waals surface area contributed by atoms with E-state index in [2.05, 4.69) is 5.32 Å². The average Bonchev–Trinajstić information content (AvgIpc) is 2.61. The smallest absolute Gasteiger partial charge is 0.281 e. The van der Waals surface area contributed by atoms with Crippen LogP contribution in [-0.4, -0.2) is 92.5 Å². The second-order valence-corrected chi connectivity index (χ2v) is 8.80. The second kappa shape index (κ2) is 9.47. The number of nitrogens with zero attached hydrogens (tertiary/aromatic N) is 3. The molecule has 0 aliphatic carbocycles. The van der Waals surface area contributed by atoms with Gasteiger partial charge in [-0.3, -0.25) is 9.69 Å². The number of rotatable bonds is 8. The Kier molecular flexibility index (Phi) is 7.57. The molecular weight excluding hydrogens is 372 g/mol. The zero-order chi connectivity index (χ0) is 20.0. The van der Waals surface area contributed by atoms with E-state index in [1.54, 1.807) is 24.3 Å². The summed E-state index contributed by atoms with van der Waals surface area (Å²) in [6, 6.07) is 6.91. The number of ether oxygens (including phenoxy) is 1. The van der Waals surface area contributed by atoms with E-state index in [0.29, 0.717) is 44.2 Å². The molecule has 0 spiro atoms. The van der Waals surface area contributed by atoms with E-state index >= 15 is 0 Å². The number of benzene rings is 1. The van der Waals surface area contributed by atoms with E-state index < -0.39 is 16.3 Å². The minimum atomic E-state index is -3.38. The van der Waals surface area contributed by atoms with Gasteiger partial charge in [0.15, 0.2) is 0 Å². The Bertz CT molecular complexity index is 715. The van der Waals surface area contributed by atoms with Crippen molar-refractivity contribution in [3.8, 4) is 5.75 Å². The summed E-state index contributed by atoms with van der Waals surface area (Å²) in [5.41, 5.74) is 0.681. The maximum Gasteiger partial charge on any atom is 0.281 e. The van der Waals surface area contributed by atoms with E-state index in [0.717, 1.165) is 0 Å². The third kappa shape index (κ3) is 6.43. The molecule has 0 radical (unpaired) electrons. The highest BCUT2D eigenvalue weighted by molar-refractivity contribution is 7.86. The summed E-state index contributed by atoms with van der Waals surface area (Å²) in [4.78, 5) is 13.0. The van der Waals surface area contributed by atoms with Crippen LogP contribution >= 0.6 is 0 Å². The summed E-state index contributed by atoms with van der Waals surface area (Å²) in [6.45, 7) is 3.93. The number of amides is 1. The molecule has 1 amide bonds. The van der Waals surface area contributed by atoms with Crippen molar-refractivity contribution in [2.24, 2.45) is 0 Å². The topological polar surface area (TPSA) is 102 Å². The van der Waals surface area contributed by atoms with Crippen molar-refractivity contribution in [2.45, 2.75) is 13.0 Å². The third-order valence-electron chi connectivity index (χ3n) is 4.21. The molecule has 0 saturated carbocycles. The molecule has 1 aromatic carbocycles. The number of aliphatic hydroxyl groups is 1. The monoisotopic (exact) mass is 400 g/mol. The van der Waals surface area contributed by atoms with Gasteiger partial charge in [-0.1, -0.05) is 0 Å². The first kappa shape index (κ1) is 21.6. The maximum atomic E-state index is 12.1. The van der Waals surface area contributed by atoms with Gasteiger partial charge in [-0.15, -0.1) is 0 Å². The molecule has 1 aromatic rings. The van der Waals surface area contributed by atoms with Crippen molar-refractivity contribution in [2.75, 3.05) is 58.7 Å². The van der Waals surface area contributed by atoms with Crippen LogP contribution in [0.5, 0.6) is 5.75 Å². The van der Waals surface area contributed by atoms with E-state index in [1.807, 2.05) is 4.90 Å². The van der Waals surface area contributed by atoms with Crippen LogP contribution in [0.2, 0.25) is 0 Å². The van der Waals surface area contributed by atoms with Gasteiger partial charge in [0.1, 0.15) is 18.5 Å². The average molecular weight is 401 g/mol. The molecule has 0 bridgehead atoms. The molecular formula is C17H28N4O5S. The standard InChI is InChI=1S/C17H28N4O5S/c1-14(22)18-15-4-6-17(7-5-15)26-13-16(23)12-20-8-10-21(11-9-20)27(24,25)19(2)3/h4-7,16,23H,8-13H2,1-3H3,(H,18,22)/t16-/m0/s1. The lowest BCUT2D eigenvalue weighted by atomic mass is 10.3. The van der Waals surface area contributed by atoms with Gasteiger partial charge in [0, 0.05) is 59.4 Å². The first-order chi connectivity index (χ1) is 12.7. The molecule has 1 saturated heterocycles. The molecule has 1 heterocycles. The van der Waals surface area contributed by atoms with E-state index in [4.69, 9.17) is 4.74 Å². The van der Waals surface area contributed by atoms with Crippen molar-refractivity contribution in [1.82, 2.24) is 13.5 Å². The molecule has 1 aliphatic heterocycles. The van der Waals surface area contributed by atoms with Gasteiger partial charge < -0.3 is 15.2 Å². The number of β-amino-alcohol motifs (C(OH)–C–C–N with tert-alkyl or cyclic N) is 1. The Labute approximate surface area is 160 Å². The fourth-order valence-electron chi connectivity index (χ4n) is 2.75. The van der Waals surface area contributed by atoms with Crippen molar-refractivity contribution in [1.29, 1.82) is 0 Å². The number of aliphatic hydroxyl groups excluding tert-OH is 1. The Hall–Kier alpha value is -1.72. The summed E-state index contributed by atoms with van der Waals surface area (Å²) in [5, 5.41) is 12.9. The fourth-order valence-corrected chi connectivity index (χ4v) is 3.84. The van der Waals surface area contributed by atoms with Gasteiger partial charge in [0.05, 0.1) is 0 Å². The zero-order valence-corrected chi connectivity index (χ0v) is 16.8. The highest BCUT2D eigenvalue weighted by atomic mass is 32.2. The van der Waals surface area contributed by atoms with Gasteiger partial charge in [0.25, 0.3) is 10.2 Å². The molecule has 0 unspecified atom stereocenters. The van der Waals surface area contributed by atoms with E-state index in [-0.39, 0.29) is 12.5 Å². The maximum absolute atomic E-state index is 12.1. The van der Waals surface area contributed by atoms with Crippen LogP contribution < -0.4 is 10.1 Å². The van der Waals surface area contributed by atoms with Crippen LogP contribution in [0.3, 0.4) is 0 Å². The van der Waals surface area contributed by atoms with Gasteiger partial charge in [0.2, 0.25) is 5.91 Å². The lowest BCUT2D eigenvalue weighted by molar-refractivity contribution is -0.114. The number of nitrogens with one attached hydrogen (secondary N) is 1. The number of carbonyl (C=O) groups excluding carboxylic acids is 1. The van der Waals surface area contributed by atoms with Gasteiger partial charge in [-0.2, -0.15) is 17.0 Å². The number of hydrogen-bond donors (Lipinski definition) is 2. The summed E-state index contributed by atoms with van der Waals surface area (Å²) in [5.74, 6) is 0.461. The summed E-state index contributed by atoms with van der Waals surface area (Å²) in [6.07, 6.45) is -0.683. The van der Waals surface area contributed by atoms with Crippen LogP contribution in [-0.2, 0) is 15.0 Å². The normalized spacial score (nSPS) is 17.7. The third-order valence-corrected chi connectivity index (χ3v) is 6.15. The van der Waals surface area contributed by atoms with Crippen molar-refractivity contribution in [3.63, 3.8) is 0 Å². The number of hydrogen-bond acceptors (Lipinski definition) is 6. The van der Waals surface area contributed by atoms with Crippen LogP contribution in [0.15, 0.2) is 24.3 Å². The quantitative estimate of drug-likeness (QED) is 0.627. The highest BCUT2D eigenvalue weighted by Crippen LogP contribution is 2.16. The Morgan fingerprint density at radius 1 is 1.22 bits per heavy atom. The first-order valence-electron chi connectivity index (χ1n) is 8.77. The van der Waals surface area contributed by atoms with Gasteiger partial charge in [-0.05, 0) is 24.3 Å². The van der Waals surface area contributed by atoms with Gasteiger partial charge in [-0.25, -0.2) is 0 Å². The Balaban J connectivity index is 1.74. The minimum absolute atomic E-state index is 0.135. The Morgan fingerprint density at radius 2 is 1.81 bits per heavy atom. The molecule has 0 aromatic heterocycles. The lowest BCUT2D eigenvalue weighted by Crippen LogP contribution is -2.53. The molecule has 27 heavy (non-hydrogen) atoms. The van der Waals surface area contributed by atoms with Crippen LogP contribution in [0.1, 0.15) is 6.92 Å². The molecule has 1 atom stereocenters. The fraction of sp³-hybridized carbons (Fsp3) is 0.588. The molecule has 1 fully saturated rings. The largest absolute Gasteiger partial charge is 0.491 e. The second-order valence-electron chi connectivity index (χ2n) is 6.66. The molecule has 2 rings (SSSR count). The number of carbonyl (C=O) groups is 1. The highest BCUT2D eigenvalue weighted by Gasteiger charge is 2.29. The van der Waals surface area contributed by atoms with Crippen molar-refractivity contribution < 1.29 is 23.1 Å². The lowest BCUT2D eigenvalue weighted by Gasteiger charge is -2.35. The number of piperazine rings is 1. The molecule has 10 heteroatoms. The zero-order valence-electron chi connectivity index (χ0n) is 16.0. The molecule has 152 valence electrons. The van der Waals surface area contributed by atoms with E-state index in [9.17, 15) is 18.3 Å². The van der Waals surface area contributed by atoms with E-state index in [1.165, 1.54) is 29.6 Å².